The van der Waals surface area contributed by atoms with Crippen molar-refractivity contribution < 1.29 is 14.2 Å². The molecule has 7 heteroatoms. The lowest BCUT2D eigenvalue weighted by Gasteiger charge is -2.14. The molecule has 0 unspecified atom stereocenters. The second-order valence-corrected chi connectivity index (χ2v) is 4.17. The number of aromatic nitrogens is 2. The van der Waals surface area contributed by atoms with E-state index in [1.165, 1.54) is 0 Å². The summed E-state index contributed by atoms with van der Waals surface area (Å²) in [6.07, 6.45) is 0. The number of hydrogen-bond donors (Lipinski definition) is 1. The summed E-state index contributed by atoms with van der Waals surface area (Å²) in [5, 5.41) is 11.1. The second kappa shape index (κ2) is 6.29. The minimum Gasteiger partial charge on any atom is -0.493 e. The van der Waals surface area contributed by atoms with Gasteiger partial charge in [0.2, 0.25) is 5.75 Å². The smallest absolute Gasteiger partial charge is 0.203 e. The van der Waals surface area contributed by atoms with Crippen molar-refractivity contribution in [3.8, 4) is 17.2 Å². The van der Waals surface area contributed by atoms with E-state index in [9.17, 15) is 0 Å². The molecule has 2 rings (SSSR count). The number of benzene rings is 1. The van der Waals surface area contributed by atoms with Crippen LogP contribution >= 0.6 is 11.6 Å². The Morgan fingerprint density at radius 1 is 0.950 bits per heavy atom. The van der Waals surface area contributed by atoms with Crippen LogP contribution in [0.5, 0.6) is 17.2 Å². The third kappa shape index (κ3) is 3.03. The minimum absolute atomic E-state index is 0.334. The summed E-state index contributed by atoms with van der Waals surface area (Å²) < 4.78 is 15.8. The predicted octanol–water partition coefficient (Wildman–Crippen LogP) is 2.90. The Labute approximate surface area is 121 Å². The van der Waals surface area contributed by atoms with Gasteiger partial charge in [-0.15, -0.1) is 10.2 Å². The van der Waals surface area contributed by atoms with Crippen LogP contribution in [-0.4, -0.2) is 31.5 Å². The van der Waals surface area contributed by atoms with Gasteiger partial charge in [-0.1, -0.05) is 11.6 Å². The molecule has 0 saturated carbocycles. The Hall–Kier alpha value is -2.21. The first-order valence-electron chi connectivity index (χ1n) is 5.74. The number of hydrogen-bond acceptors (Lipinski definition) is 6. The molecule has 0 spiro atoms. The molecule has 1 aromatic heterocycles. The lowest BCUT2D eigenvalue weighted by molar-refractivity contribution is 0.324. The van der Waals surface area contributed by atoms with Gasteiger partial charge in [-0.3, -0.25) is 0 Å². The van der Waals surface area contributed by atoms with Crippen LogP contribution in [0.25, 0.3) is 0 Å². The maximum atomic E-state index is 5.69. The highest BCUT2D eigenvalue weighted by Crippen LogP contribution is 2.40. The molecule has 0 bridgehead atoms. The van der Waals surface area contributed by atoms with Gasteiger partial charge in [0.1, 0.15) is 0 Å². The van der Waals surface area contributed by atoms with Crippen molar-refractivity contribution in [2.24, 2.45) is 0 Å². The fourth-order valence-electron chi connectivity index (χ4n) is 1.68. The zero-order valence-electron chi connectivity index (χ0n) is 11.3. The summed E-state index contributed by atoms with van der Waals surface area (Å²) in [5.74, 6) is 2.19. The molecular weight excluding hydrogens is 282 g/mol. The predicted molar refractivity (Wildman–Crippen MR) is 76.4 cm³/mol. The van der Waals surface area contributed by atoms with Gasteiger partial charge in [-0.25, -0.2) is 0 Å². The van der Waals surface area contributed by atoms with Crippen molar-refractivity contribution in [2.45, 2.75) is 0 Å². The Kier molecular flexibility index (Phi) is 4.47. The Bertz CT molecular complexity index is 565. The highest BCUT2D eigenvalue weighted by Gasteiger charge is 2.13. The van der Waals surface area contributed by atoms with E-state index >= 15 is 0 Å². The van der Waals surface area contributed by atoms with Crippen molar-refractivity contribution in [2.75, 3.05) is 26.6 Å². The number of methoxy groups -OCH3 is 3. The first-order valence-corrected chi connectivity index (χ1v) is 6.12. The SMILES string of the molecule is COc1cc(Nc2ccc(Cl)nn2)cc(OC)c1OC. The molecule has 0 fully saturated rings. The summed E-state index contributed by atoms with van der Waals surface area (Å²) in [6, 6.07) is 6.92. The molecule has 0 saturated heterocycles. The molecule has 0 aliphatic carbocycles. The van der Waals surface area contributed by atoms with Crippen LogP contribution in [-0.2, 0) is 0 Å². The van der Waals surface area contributed by atoms with E-state index in [1.807, 2.05) is 0 Å². The van der Waals surface area contributed by atoms with E-state index in [2.05, 4.69) is 15.5 Å². The number of rotatable bonds is 5. The molecule has 0 atom stereocenters. The maximum absolute atomic E-state index is 5.69. The number of nitrogens with zero attached hydrogens (tertiary/aromatic N) is 2. The summed E-state index contributed by atoms with van der Waals surface area (Å²) >= 11 is 5.69. The summed E-state index contributed by atoms with van der Waals surface area (Å²) in [4.78, 5) is 0. The fraction of sp³-hybridized carbons (Fsp3) is 0.231. The highest BCUT2D eigenvalue weighted by atomic mass is 35.5. The maximum Gasteiger partial charge on any atom is 0.203 e. The zero-order valence-corrected chi connectivity index (χ0v) is 12.1. The minimum atomic E-state index is 0.334. The molecule has 6 nitrogen and oxygen atoms in total. The average molecular weight is 296 g/mol. The highest BCUT2D eigenvalue weighted by molar-refractivity contribution is 6.29. The lowest BCUT2D eigenvalue weighted by Crippen LogP contribution is -1.99. The standard InChI is InChI=1S/C13H14ClN3O3/c1-18-9-6-8(7-10(19-2)13(9)20-3)15-12-5-4-11(14)16-17-12/h4-7H,1-3H3,(H,15,17). The van der Waals surface area contributed by atoms with E-state index in [-0.39, 0.29) is 0 Å². The molecule has 0 aliphatic heterocycles. The van der Waals surface area contributed by atoms with Crippen molar-refractivity contribution in [3.63, 3.8) is 0 Å². The van der Waals surface area contributed by atoms with Crippen molar-refractivity contribution in [1.82, 2.24) is 10.2 Å². The van der Waals surface area contributed by atoms with E-state index in [0.717, 1.165) is 5.69 Å². The van der Waals surface area contributed by atoms with Crippen LogP contribution in [0.2, 0.25) is 5.15 Å². The molecule has 20 heavy (non-hydrogen) atoms. The van der Waals surface area contributed by atoms with E-state index < -0.39 is 0 Å². The third-order valence-corrected chi connectivity index (χ3v) is 2.77. The lowest BCUT2D eigenvalue weighted by atomic mass is 10.2. The van der Waals surface area contributed by atoms with Gasteiger partial charge >= 0.3 is 0 Å². The van der Waals surface area contributed by atoms with Gasteiger partial charge in [0.25, 0.3) is 0 Å². The summed E-state index contributed by atoms with van der Waals surface area (Å²) in [5.41, 5.74) is 0.733. The van der Waals surface area contributed by atoms with Crippen molar-refractivity contribution in [3.05, 3.63) is 29.4 Å². The average Bonchev–Trinajstić information content (AvgIpc) is 2.48. The van der Waals surface area contributed by atoms with Gasteiger partial charge in [-0.2, -0.15) is 0 Å². The Morgan fingerprint density at radius 2 is 1.60 bits per heavy atom. The van der Waals surface area contributed by atoms with Gasteiger partial charge < -0.3 is 19.5 Å². The van der Waals surface area contributed by atoms with Crippen LogP contribution in [0, 0.1) is 0 Å². The van der Waals surface area contributed by atoms with Gasteiger partial charge in [0.05, 0.1) is 21.3 Å². The van der Waals surface area contributed by atoms with Crippen LogP contribution < -0.4 is 19.5 Å². The van der Waals surface area contributed by atoms with E-state index in [4.69, 9.17) is 25.8 Å². The Balaban J connectivity index is 2.34. The molecular formula is C13H14ClN3O3. The topological polar surface area (TPSA) is 65.5 Å². The number of ether oxygens (including phenoxy) is 3. The monoisotopic (exact) mass is 295 g/mol. The molecule has 2 aromatic rings. The molecule has 1 N–H and O–H groups in total. The summed E-state index contributed by atoms with van der Waals surface area (Å²) in [7, 11) is 4.67. The largest absolute Gasteiger partial charge is 0.493 e. The van der Waals surface area contributed by atoms with Crippen molar-refractivity contribution in [1.29, 1.82) is 0 Å². The van der Waals surface area contributed by atoms with Crippen LogP contribution in [0.15, 0.2) is 24.3 Å². The van der Waals surface area contributed by atoms with Crippen LogP contribution in [0.3, 0.4) is 0 Å². The van der Waals surface area contributed by atoms with Crippen LogP contribution in [0.4, 0.5) is 11.5 Å². The number of halogens is 1. The first-order chi connectivity index (χ1) is 9.67. The van der Waals surface area contributed by atoms with E-state index in [1.54, 1.807) is 45.6 Å². The molecule has 0 amide bonds. The second-order valence-electron chi connectivity index (χ2n) is 3.78. The number of anilines is 2. The van der Waals surface area contributed by atoms with Crippen molar-refractivity contribution >= 4 is 23.1 Å². The molecule has 106 valence electrons. The third-order valence-electron chi connectivity index (χ3n) is 2.57. The Morgan fingerprint density at radius 3 is 2.05 bits per heavy atom. The summed E-state index contributed by atoms with van der Waals surface area (Å²) in [6.45, 7) is 0. The van der Waals surface area contributed by atoms with Gasteiger partial charge in [-0.05, 0) is 12.1 Å². The molecule has 1 heterocycles. The fourth-order valence-corrected chi connectivity index (χ4v) is 1.78. The molecule has 1 aromatic carbocycles. The first kappa shape index (κ1) is 14.2. The van der Waals surface area contributed by atoms with Gasteiger partial charge in [0, 0.05) is 17.8 Å². The normalized spacial score (nSPS) is 10.0. The number of nitrogens with one attached hydrogen (secondary N) is 1. The van der Waals surface area contributed by atoms with Gasteiger partial charge in [0.15, 0.2) is 22.5 Å². The quantitative estimate of drug-likeness (QED) is 0.915. The molecule has 0 radical (unpaired) electrons. The molecule has 0 aliphatic rings. The van der Waals surface area contributed by atoms with Crippen LogP contribution in [0.1, 0.15) is 0 Å². The van der Waals surface area contributed by atoms with E-state index in [0.29, 0.717) is 28.2 Å². The zero-order chi connectivity index (χ0) is 14.5.